The molecule has 10 heteroatoms. The maximum atomic E-state index is 12.6. The fraction of sp³-hybridized carbons (Fsp3) is 0.333. The predicted octanol–water partition coefficient (Wildman–Crippen LogP) is 3.07. The Balaban J connectivity index is 1.76. The number of nitrogens with zero attached hydrogens (tertiary/aromatic N) is 4. The van der Waals surface area contributed by atoms with E-state index in [0.29, 0.717) is 12.3 Å². The summed E-state index contributed by atoms with van der Waals surface area (Å²) in [6.07, 6.45) is 1.35. The first-order valence-electron chi connectivity index (χ1n) is 8.60. The molecule has 0 saturated carbocycles. The van der Waals surface area contributed by atoms with Crippen LogP contribution >= 0.6 is 15.9 Å². The Bertz CT molecular complexity index is 1030. The van der Waals surface area contributed by atoms with E-state index in [4.69, 9.17) is 9.15 Å². The van der Waals surface area contributed by atoms with Gasteiger partial charge in [-0.2, -0.15) is 10.2 Å². The second-order valence-electron chi connectivity index (χ2n) is 6.11. The molecule has 0 aliphatic carbocycles. The number of amides is 1. The van der Waals surface area contributed by atoms with Crippen LogP contribution in [0.5, 0.6) is 0 Å². The molecule has 148 valence electrons. The van der Waals surface area contributed by atoms with Gasteiger partial charge in [0.1, 0.15) is 17.1 Å². The number of hydrogen-bond acceptors (Lipinski definition) is 6. The molecule has 0 fully saturated rings. The van der Waals surface area contributed by atoms with Crippen LogP contribution in [0.25, 0.3) is 0 Å². The number of halogens is 1. The third-order valence-corrected chi connectivity index (χ3v) is 5.30. The smallest absolute Gasteiger partial charge is 0.343 e. The van der Waals surface area contributed by atoms with Crippen molar-refractivity contribution in [3.63, 3.8) is 0 Å². The highest BCUT2D eigenvalue weighted by molar-refractivity contribution is 9.10. The zero-order valence-corrected chi connectivity index (χ0v) is 17.5. The van der Waals surface area contributed by atoms with Crippen molar-refractivity contribution in [3.05, 3.63) is 51.3 Å². The Hall–Kier alpha value is -2.88. The Kier molecular flexibility index (Phi) is 5.68. The van der Waals surface area contributed by atoms with Crippen LogP contribution in [0.3, 0.4) is 0 Å². The van der Waals surface area contributed by atoms with Crippen molar-refractivity contribution < 1.29 is 18.7 Å². The Morgan fingerprint density at radius 2 is 2.07 bits per heavy atom. The highest BCUT2D eigenvalue weighted by Gasteiger charge is 2.21. The summed E-state index contributed by atoms with van der Waals surface area (Å²) in [5.74, 6) is -0.106. The van der Waals surface area contributed by atoms with Crippen molar-refractivity contribution >= 4 is 33.6 Å². The molecule has 0 unspecified atom stereocenters. The fourth-order valence-electron chi connectivity index (χ4n) is 2.67. The first kappa shape index (κ1) is 19.9. The molecule has 3 aromatic rings. The van der Waals surface area contributed by atoms with E-state index >= 15 is 0 Å². The van der Waals surface area contributed by atoms with Crippen molar-refractivity contribution in [3.8, 4) is 0 Å². The van der Waals surface area contributed by atoms with Gasteiger partial charge in [0, 0.05) is 7.05 Å². The van der Waals surface area contributed by atoms with Crippen LogP contribution in [0.4, 0.5) is 5.82 Å². The minimum absolute atomic E-state index is 0.117. The first-order valence-corrected chi connectivity index (χ1v) is 9.39. The summed E-state index contributed by atoms with van der Waals surface area (Å²) >= 11 is 3.49. The van der Waals surface area contributed by atoms with Crippen LogP contribution in [0.2, 0.25) is 0 Å². The third kappa shape index (κ3) is 3.86. The maximum absolute atomic E-state index is 12.6. The van der Waals surface area contributed by atoms with E-state index in [1.54, 1.807) is 30.8 Å². The van der Waals surface area contributed by atoms with Crippen LogP contribution in [-0.2, 0) is 18.3 Å². The van der Waals surface area contributed by atoms with Crippen LogP contribution < -0.4 is 5.32 Å². The Morgan fingerprint density at radius 3 is 2.71 bits per heavy atom. The molecule has 1 N–H and O–H groups in total. The average Bonchev–Trinajstić information content (AvgIpc) is 3.32. The Labute approximate surface area is 169 Å². The van der Waals surface area contributed by atoms with Gasteiger partial charge in [-0.3, -0.25) is 14.2 Å². The minimum atomic E-state index is -0.555. The van der Waals surface area contributed by atoms with Gasteiger partial charge in [-0.15, -0.1) is 0 Å². The summed E-state index contributed by atoms with van der Waals surface area (Å²) in [7, 11) is 1.62. The molecule has 0 aromatic carbocycles. The summed E-state index contributed by atoms with van der Waals surface area (Å²) in [5.41, 5.74) is 2.02. The number of furan rings is 1. The quantitative estimate of drug-likeness (QED) is 0.579. The lowest BCUT2D eigenvalue weighted by Gasteiger charge is -2.07. The minimum Gasteiger partial charge on any atom is -0.462 e. The second-order valence-corrected chi connectivity index (χ2v) is 6.91. The number of esters is 1. The number of hydrogen-bond donors (Lipinski definition) is 1. The Morgan fingerprint density at radius 1 is 1.32 bits per heavy atom. The summed E-state index contributed by atoms with van der Waals surface area (Å²) < 4.78 is 14.8. The van der Waals surface area contributed by atoms with Gasteiger partial charge in [0.05, 0.1) is 35.2 Å². The van der Waals surface area contributed by atoms with E-state index in [0.717, 1.165) is 15.9 Å². The van der Waals surface area contributed by atoms with Gasteiger partial charge in [0.2, 0.25) is 0 Å². The predicted molar refractivity (Wildman–Crippen MR) is 104 cm³/mol. The van der Waals surface area contributed by atoms with Crippen molar-refractivity contribution in [1.82, 2.24) is 19.6 Å². The molecule has 28 heavy (non-hydrogen) atoms. The number of nitrogens with one attached hydrogen (secondary N) is 1. The van der Waals surface area contributed by atoms with Crippen molar-refractivity contribution in [2.24, 2.45) is 7.05 Å². The number of aryl methyl sites for hydroxylation is 2. The van der Waals surface area contributed by atoms with Crippen molar-refractivity contribution in [1.29, 1.82) is 0 Å². The van der Waals surface area contributed by atoms with Crippen molar-refractivity contribution in [2.75, 3.05) is 11.9 Å². The van der Waals surface area contributed by atoms with E-state index in [1.807, 2.05) is 13.8 Å². The zero-order valence-electron chi connectivity index (χ0n) is 15.9. The van der Waals surface area contributed by atoms with Gasteiger partial charge < -0.3 is 14.5 Å². The second kappa shape index (κ2) is 8.01. The van der Waals surface area contributed by atoms with Gasteiger partial charge in [-0.05, 0) is 48.8 Å². The van der Waals surface area contributed by atoms with Crippen LogP contribution in [0, 0.1) is 13.8 Å². The molecule has 0 radical (unpaired) electrons. The molecular formula is C18H20BrN5O4. The van der Waals surface area contributed by atoms with Gasteiger partial charge in [0.15, 0.2) is 5.76 Å². The van der Waals surface area contributed by atoms with Gasteiger partial charge in [0.25, 0.3) is 5.91 Å². The lowest BCUT2D eigenvalue weighted by atomic mass is 10.3. The lowest BCUT2D eigenvalue weighted by Crippen LogP contribution is -2.17. The first-order chi connectivity index (χ1) is 13.3. The lowest BCUT2D eigenvalue weighted by molar-refractivity contribution is 0.0527. The maximum Gasteiger partial charge on any atom is 0.343 e. The molecule has 0 aliphatic heterocycles. The zero-order chi connectivity index (χ0) is 20.4. The molecular weight excluding hydrogens is 430 g/mol. The van der Waals surface area contributed by atoms with Gasteiger partial charge >= 0.3 is 5.97 Å². The standard InChI is InChI=1S/C18H20BrN5O4/c1-5-27-18(26)13-8-20-23(4)16(13)21-17(25)14-7-6-12(28-14)9-24-11(3)15(19)10(2)22-24/h6-8H,5,9H2,1-4H3,(H,21,25). The van der Waals surface area contributed by atoms with Gasteiger partial charge in [-0.1, -0.05) is 0 Å². The third-order valence-electron chi connectivity index (χ3n) is 4.15. The van der Waals surface area contributed by atoms with E-state index in [-0.39, 0.29) is 23.7 Å². The number of ether oxygens (including phenoxy) is 1. The molecule has 3 aromatic heterocycles. The van der Waals surface area contributed by atoms with E-state index in [9.17, 15) is 9.59 Å². The number of carbonyl (C=O) groups is 2. The summed E-state index contributed by atoms with van der Waals surface area (Å²) in [6, 6.07) is 3.29. The molecule has 3 heterocycles. The van der Waals surface area contributed by atoms with E-state index in [1.165, 1.54) is 10.9 Å². The topological polar surface area (TPSA) is 104 Å². The highest BCUT2D eigenvalue weighted by Crippen LogP contribution is 2.22. The molecule has 1 amide bonds. The molecule has 0 spiro atoms. The SMILES string of the molecule is CCOC(=O)c1cnn(C)c1NC(=O)c1ccc(Cn2nc(C)c(Br)c2C)o1. The van der Waals surface area contributed by atoms with Crippen LogP contribution in [-0.4, -0.2) is 38.0 Å². The van der Waals surface area contributed by atoms with E-state index < -0.39 is 11.9 Å². The highest BCUT2D eigenvalue weighted by atomic mass is 79.9. The molecule has 0 saturated heterocycles. The molecule has 0 bridgehead atoms. The fourth-order valence-corrected chi connectivity index (χ4v) is 2.96. The summed E-state index contributed by atoms with van der Waals surface area (Å²) in [5, 5.41) is 11.1. The van der Waals surface area contributed by atoms with Crippen LogP contribution in [0.1, 0.15) is 45.0 Å². The number of anilines is 1. The molecule has 3 rings (SSSR count). The normalized spacial score (nSPS) is 10.9. The summed E-state index contributed by atoms with van der Waals surface area (Å²) in [4.78, 5) is 24.6. The van der Waals surface area contributed by atoms with Crippen molar-refractivity contribution in [2.45, 2.75) is 27.3 Å². The van der Waals surface area contributed by atoms with Crippen LogP contribution in [0.15, 0.2) is 27.2 Å². The summed E-state index contributed by atoms with van der Waals surface area (Å²) in [6.45, 7) is 6.18. The molecule has 9 nitrogen and oxygen atoms in total. The largest absolute Gasteiger partial charge is 0.462 e. The van der Waals surface area contributed by atoms with E-state index in [2.05, 4.69) is 31.4 Å². The molecule has 0 atom stereocenters. The number of rotatable bonds is 6. The average molecular weight is 450 g/mol. The molecule has 0 aliphatic rings. The van der Waals surface area contributed by atoms with Gasteiger partial charge in [-0.25, -0.2) is 4.79 Å². The number of aromatic nitrogens is 4. The number of carbonyl (C=O) groups excluding carboxylic acids is 2. The monoisotopic (exact) mass is 449 g/mol.